The number of rotatable bonds is 4. The van der Waals surface area contributed by atoms with Gasteiger partial charge in [0.15, 0.2) is 5.82 Å². The van der Waals surface area contributed by atoms with Crippen molar-refractivity contribution in [1.82, 2.24) is 35.7 Å². The first kappa shape index (κ1) is 19.6. The van der Waals surface area contributed by atoms with Gasteiger partial charge in [-0.05, 0) is 64.5 Å². The lowest BCUT2D eigenvalue weighted by atomic mass is 10.0. The first-order valence-electron chi connectivity index (χ1n) is 9.95. The van der Waals surface area contributed by atoms with Crippen LogP contribution in [-0.2, 0) is 16.9 Å². The molecule has 3 rings (SSSR count). The fourth-order valence-electron chi connectivity index (χ4n) is 3.70. The first-order chi connectivity index (χ1) is 12.8. The monoisotopic (exact) mass is 377 g/mol. The molecule has 0 radical (unpaired) electrons. The molecule has 0 spiro atoms. The van der Waals surface area contributed by atoms with Crippen LogP contribution in [0.1, 0.15) is 65.1 Å². The van der Waals surface area contributed by atoms with Crippen LogP contribution in [0.4, 0.5) is 4.79 Å². The summed E-state index contributed by atoms with van der Waals surface area (Å²) in [6.07, 6.45) is 5.85. The molecule has 1 aliphatic carbocycles. The van der Waals surface area contributed by atoms with E-state index in [4.69, 9.17) is 0 Å². The Morgan fingerprint density at radius 1 is 1.15 bits per heavy atom. The number of piperidine rings is 1. The topological polar surface area (TPSA) is 105 Å². The minimum atomic E-state index is -0.252. The van der Waals surface area contributed by atoms with Crippen molar-refractivity contribution in [2.24, 2.45) is 5.92 Å². The SMILES string of the molecule is CC(C)(C)n1nnc(CNC(=O)N[C@H]2CC[C@@H](C(=O)N3CCCCC3)C2)n1. The van der Waals surface area contributed by atoms with Crippen LogP contribution < -0.4 is 10.6 Å². The highest BCUT2D eigenvalue weighted by Crippen LogP contribution is 2.28. The van der Waals surface area contributed by atoms with E-state index in [1.807, 2.05) is 25.7 Å². The second-order valence-electron chi connectivity index (χ2n) is 8.59. The Balaban J connectivity index is 1.41. The predicted molar refractivity (Wildman–Crippen MR) is 99.7 cm³/mol. The van der Waals surface area contributed by atoms with Crippen molar-refractivity contribution < 1.29 is 9.59 Å². The Labute approximate surface area is 160 Å². The third-order valence-electron chi connectivity index (χ3n) is 5.25. The molecule has 3 amide bonds. The Bertz CT molecular complexity index is 661. The molecule has 2 aliphatic rings. The fourth-order valence-corrected chi connectivity index (χ4v) is 3.70. The number of hydrogen-bond acceptors (Lipinski definition) is 5. The number of aromatic nitrogens is 4. The summed E-state index contributed by atoms with van der Waals surface area (Å²) in [7, 11) is 0. The van der Waals surface area contributed by atoms with Crippen LogP contribution >= 0.6 is 0 Å². The standard InChI is InChI=1S/C18H31N7O2/c1-18(2,3)25-22-15(21-23-25)12-19-17(27)20-14-8-7-13(11-14)16(26)24-9-5-4-6-10-24/h13-14H,4-12H2,1-3H3,(H2,19,20,27)/t13-,14+/m1/s1. The van der Waals surface area contributed by atoms with E-state index in [0.29, 0.717) is 5.82 Å². The molecule has 1 aromatic heterocycles. The number of tetrazole rings is 1. The molecule has 9 nitrogen and oxygen atoms in total. The second kappa shape index (κ2) is 8.22. The summed E-state index contributed by atoms with van der Waals surface area (Å²) >= 11 is 0. The number of hydrogen-bond donors (Lipinski definition) is 2. The quantitative estimate of drug-likeness (QED) is 0.825. The lowest BCUT2D eigenvalue weighted by Gasteiger charge is -2.29. The zero-order chi connectivity index (χ0) is 19.4. The predicted octanol–water partition coefficient (Wildman–Crippen LogP) is 1.41. The molecule has 0 unspecified atom stereocenters. The van der Waals surface area contributed by atoms with Gasteiger partial charge in [-0.1, -0.05) is 0 Å². The normalized spacial score (nSPS) is 23.3. The Hall–Kier alpha value is -2.19. The molecular formula is C18H31N7O2. The number of likely N-dealkylation sites (tertiary alicyclic amines) is 1. The smallest absolute Gasteiger partial charge is 0.315 e. The van der Waals surface area contributed by atoms with Crippen LogP contribution in [-0.4, -0.2) is 56.2 Å². The Morgan fingerprint density at radius 2 is 1.89 bits per heavy atom. The average molecular weight is 377 g/mol. The molecule has 27 heavy (non-hydrogen) atoms. The fraction of sp³-hybridized carbons (Fsp3) is 0.833. The molecule has 2 atom stereocenters. The van der Waals surface area contributed by atoms with Crippen LogP contribution in [0.3, 0.4) is 0 Å². The van der Waals surface area contributed by atoms with E-state index in [1.165, 1.54) is 11.2 Å². The van der Waals surface area contributed by atoms with E-state index in [0.717, 1.165) is 45.2 Å². The Morgan fingerprint density at radius 3 is 2.56 bits per heavy atom. The summed E-state index contributed by atoms with van der Waals surface area (Å²) in [4.78, 5) is 28.3. The second-order valence-corrected chi connectivity index (χ2v) is 8.59. The highest BCUT2D eigenvalue weighted by molar-refractivity contribution is 5.79. The van der Waals surface area contributed by atoms with Crippen LogP contribution in [0.5, 0.6) is 0 Å². The summed E-state index contributed by atoms with van der Waals surface area (Å²) in [6.45, 7) is 7.96. The highest BCUT2D eigenvalue weighted by atomic mass is 16.2. The molecule has 2 heterocycles. The van der Waals surface area contributed by atoms with Gasteiger partial charge >= 0.3 is 6.03 Å². The van der Waals surface area contributed by atoms with E-state index < -0.39 is 0 Å². The molecule has 2 fully saturated rings. The van der Waals surface area contributed by atoms with Gasteiger partial charge in [-0.15, -0.1) is 10.2 Å². The van der Waals surface area contributed by atoms with Crippen molar-refractivity contribution in [2.45, 2.75) is 77.4 Å². The number of nitrogens with one attached hydrogen (secondary N) is 2. The van der Waals surface area contributed by atoms with Crippen molar-refractivity contribution in [3.63, 3.8) is 0 Å². The number of carbonyl (C=O) groups is 2. The van der Waals surface area contributed by atoms with Crippen LogP contribution in [0, 0.1) is 5.92 Å². The van der Waals surface area contributed by atoms with E-state index in [9.17, 15) is 9.59 Å². The lowest BCUT2D eigenvalue weighted by Crippen LogP contribution is -2.42. The maximum Gasteiger partial charge on any atom is 0.315 e. The maximum absolute atomic E-state index is 12.6. The summed E-state index contributed by atoms with van der Waals surface area (Å²) in [5, 5.41) is 18.0. The van der Waals surface area contributed by atoms with Crippen molar-refractivity contribution in [3.05, 3.63) is 5.82 Å². The van der Waals surface area contributed by atoms with E-state index in [1.54, 1.807) is 0 Å². The first-order valence-corrected chi connectivity index (χ1v) is 9.95. The third-order valence-corrected chi connectivity index (χ3v) is 5.25. The molecule has 1 saturated carbocycles. The van der Waals surface area contributed by atoms with Gasteiger partial charge in [0.25, 0.3) is 0 Å². The summed E-state index contributed by atoms with van der Waals surface area (Å²) in [6, 6.07) is -0.208. The number of urea groups is 1. The van der Waals surface area contributed by atoms with Gasteiger partial charge in [0, 0.05) is 25.0 Å². The van der Waals surface area contributed by atoms with Crippen molar-refractivity contribution >= 4 is 11.9 Å². The zero-order valence-corrected chi connectivity index (χ0v) is 16.6. The minimum absolute atomic E-state index is 0.0433. The minimum Gasteiger partial charge on any atom is -0.342 e. The zero-order valence-electron chi connectivity index (χ0n) is 16.6. The Kier molecular flexibility index (Phi) is 5.96. The maximum atomic E-state index is 12.6. The molecule has 2 N–H and O–H groups in total. The van der Waals surface area contributed by atoms with Crippen LogP contribution in [0.25, 0.3) is 0 Å². The van der Waals surface area contributed by atoms with Crippen molar-refractivity contribution in [1.29, 1.82) is 0 Å². The summed E-state index contributed by atoms with van der Waals surface area (Å²) in [5.41, 5.74) is -0.243. The molecule has 150 valence electrons. The number of nitrogens with zero attached hydrogens (tertiary/aromatic N) is 5. The summed E-state index contributed by atoms with van der Waals surface area (Å²) in [5.74, 6) is 0.786. The van der Waals surface area contributed by atoms with Gasteiger partial charge < -0.3 is 15.5 Å². The van der Waals surface area contributed by atoms with Crippen molar-refractivity contribution in [3.8, 4) is 0 Å². The van der Waals surface area contributed by atoms with Gasteiger partial charge in [-0.25, -0.2) is 4.79 Å². The van der Waals surface area contributed by atoms with Crippen LogP contribution in [0.15, 0.2) is 0 Å². The lowest BCUT2D eigenvalue weighted by molar-refractivity contribution is -0.136. The molecule has 1 aromatic rings. The van der Waals surface area contributed by atoms with Gasteiger partial charge in [-0.2, -0.15) is 4.80 Å². The largest absolute Gasteiger partial charge is 0.342 e. The molecule has 0 aromatic carbocycles. The molecule has 9 heteroatoms. The molecule has 0 bridgehead atoms. The van der Waals surface area contributed by atoms with Crippen molar-refractivity contribution in [2.75, 3.05) is 13.1 Å². The van der Waals surface area contributed by atoms with Gasteiger partial charge in [0.1, 0.15) is 0 Å². The van der Waals surface area contributed by atoms with Gasteiger partial charge in [-0.3, -0.25) is 4.79 Å². The molecule has 1 saturated heterocycles. The number of carbonyl (C=O) groups excluding carboxylic acids is 2. The van der Waals surface area contributed by atoms with Crippen LogP contribution in [0.2, 0.25) is 0 Å². The average Bonchev–Trinajstić information content (AvgIpc) is 3.29. The van der Waals surface area contributed by atoms with Gasteiger partial charge in [0.2, 0.25) is 5.91 Å². The van der Waals surface area contributed by atoms with Gasteiger partial charge in [0.05, 0.1) is 12.1 Å². The highest BCUT2D eigenvalue weighted by Gasteiger charge is 2.33. The molecular weight excluding hydrogens is 346 g/mol. The van der Waals surface area contributed by atoms with E-state index in [2.05, 4.69) is 26.0 Å². The van der Waals surface area contributed by atoms with E-state index in [-0.39, 0.29) is 36.0 Å². The van der Waals surface area contributed by atoms with E-state index >= 15 is 0 Å². The summed E-state index contributed by atoms with van der Waals surface area (Å²) < 4.78 is 0. The number of amides is 3. The third kappa shape index (κ3) is 5.17. The molecule has 1 aliphatic heterocycles.